The Morgan fingerprint density at radius 3 is 2.53 bits per heavy atom. The van der Waals surface area contributed by atoms with Gasteiger partial charge in [-0.1, -0.05) is 47.5 Å². The van der Waals surface area contributed by atoms with Gasteiger partial charge in [-0.05, 0) is 35.7 Å². The van der Waals surface area contributed by atoms with Gasteiger partial charge in [0.05, 0.1) is 6.04 Å². The van der Waals surface area contributed by atoms with Crippen LogP contribution < -0.4 is 11.3 Å². The summed E-state index contributed by atoms with van der Waals surface area (Å²) in [6.45, 7) is 0. The molecule has 2 nitrogen and oxygen atoms in total. The lowest BCUT2D eigenvalue weighted by Gasteiger charge is -2.18. The molecule has 0 aliphatic carbocycles. The summed E-state index contributed by atoms with van der Waals surface area (Å²) >= 11 is 11.8. The molecule has 0 aromatic heterocycles. The van der Waals surface area contributed by atoms with Crippen LogP contribution >= 0.6 is 23.2 Å². The third kappa shape index (κ3) is 3.45. The lowest BCUT2D eigenvalue weighted by atomic mass is 9.99. The predicted molar refractivity (Wildman–Crippen MR) is 76.6 cm³/mol. The van der Waals surface area contributed by atoms with E-state index in [9.17, 15) is 4.39 Å². The Balaban J connectivity index is 2.27. The molecule has 0 saturated carbocycles. The quantitative estimate of drug-likeness (QED) is 0.664. The topological polar surface area (TPSA) is 38.0 Å². The van der Waals surface area contributed by atoms with Gasteiger partial charge in [0.2, 0.25) is 0 Å². The lowest BCUT2D eigenvalue weighted by Crippen LogP contribution is -2.30. The maximum atomic E-state index is 13.8. The first-order valence-corrected chi connectivity index (χ1v) is 6.52. The van der Waals surface area contributed by atoms with E-state index < -0.39 is 0 Å². The van der Waals surface area contributed by atoms with E-state index in [0.717, 1.165) is 5.56 Å². The summed E-state index contributed by atoms with van der Waals surface area (Å²) < 4.78 is 13.8. The third-order valence-corrected chi connectivity index (χ3v) is 3.50. The highest BCUT2D eigenvalue weighted by molar-refractivity contribution is 6.31. The fraction of sp³-hybridized carbons (Fsp3) is 0.143. The Morgan fingerprint density at radius 2 is 1.89 bits per heavy atom. The molecular formula is C14H13Cl2FN2. The van der Waals surface area contributed by atoms with Crippen molar-refractivity contribution in [3.63, 3.8) is 0 Å². The molecule has 0 spiro atoms. The summed E-state index contributed by atoms with van der Waals surface area (Å²) in [6, 6.07) is 11.7. The molecule has 0 aliphatic rings. The summed E-state index contributed by atoms with van der Waals surface area (Å²) in [4.78, 5) is 0. The maximum absolute atomic E-state index is 13.8. The van der Waals surface area contributed by atoms with Gasteiger partial charge in [-0.2, -0.15) is 0 Å². The SMILES string of the molecule is NNC(Cc1ccc(Cl)cc1F)c1ccccc1Cl. The molecule has 0 amide bonds. The molecule has 5 heteroatoms. The van der Waals surface area contributed by atoms with Crippen LogP contribution in [0.5, 0.6) is 0 Å². The normalized spacial score (nSPS) is 12.4. The fourth-order valence-electron chi connectivity index (χ4n) is 1.92. The molecule has 3 N–H and O–H groups in total. The second-order valence-corrected chi connectivity index (χ2v) is 5.02. The van der Waals surface area contributed by atoms with E-state index in [0.29, 0.717) is 22.0 Å². The zero-order valence-corrected chi connectivity index (χ0v) is 11.5. The van der Waals surface area contributed by atoms with Crippen molar-refractivity contribution in [1.82, 2.24) is 5.43 Å². The molecule has 2 aromatic carbocycles. The predicted octanol–water partition coefficient (Wildman–Crippen LogP) is 3.88. The molecule has 0 radical (unpaired) electrons. The number of benzene rings is 2. The molecule has 0 fully saturated rings. The molecule has 0 saturated heterocycles. The standard InChI is InChI=1S/C14H13Cl2FN2/c15-10-6-5-9(13(17)8-10)7-14(19-18)11-3-1-2-4-12(11)16/h1-6,8,14,19H,7,18H2. The van der Waals surface area contributed by atoms with E-state index in [-0.39, 0.29) is 11.9 Å². The van der Waals surface area contributed by atoms with Crippen LogP contribution in [0.4, 0.5) is 4.39 Å². The van der Waals surface area contributed by atoms with Crippen molar-refractivity contribution < 1.29 is 4.39 Å². The smallest absolute Gasteiger partial charge is 0.127 e. The Bertz CT molecular complexity index is 575. The van der Waals surface area contributed by atoms with E-state index >= 15 is 0 Å². The first kappa shape index (κ1) is 14.3. The number of nitrogens with two attached hydrogens (primary N) is 1. The van der Waals surface area contributed by atoms with Crippen LogP contribution in [0, 0.1) is 5.82 Å². The zero-order valence-electron chi connectivity index (χ0n) is 10.0. The molecule has 0 heterocycles. The maximum Gasteiger partial charge on any atom is 0.127 e. The highest BCUT2D eigenvalue weighted by Crippen LogP contribution is 2.26. The average Bonchev–Trinajstić information content (AvgIpc) is 2.39. The van der Waals surface area contributed by atoms with Crippen molar-refractivity contribution in [2.24, 2.45) is 5.84 Å². The van der Waals surface area contributed by atoms with Gasteiger partial charge in [0, 0.05) is 10.0 Å². The third-order valence-electron chi connectivity index (χ3n) is 2.92. The first-order chi connectivity index (χ1) is 9.11. The second-order valence-electron chi connectivity index (χ2n) is 4.18. The van der Waals surface area contributed by atoms with E-state index in [1.54, 1.807) is 18.2 Å². The van der Waals surface area contributed by atoms with Crippen LogP contribution in [0.1, 0.15) is 17.2 Å². The van der Waals surface area contributed by atoms with Gasteiger partial charge in [-0.15, -0.1) is 0 Å². The zero-order chi connectivity index (χ0) is 13.8. The van der Waals surface area contributed by atoms with Gasteiger partial charge in [0.15, 0.2) is 0 Å². The minimum Gasteiger partial charge on any atom is -0.271 e. The number of hydrogen-bond donors (Lipinski definition) is 2. The Hall–Kier alpha value is -1.13. The van der Waals surface area contributed by atoms with Gasteiger partial charge in [0.1, 0.15) is 5.82 Å². The van der Waals surface area contributed by atoms with Crippen molar-refractivity contribution >= 4 is 23.2 Å². The number of nitrogens with one attached hydrogen (secondary N) is 1. The highest BCUT2D eigenvalue weighted by atomic mass is 35.5. The number of rotatable bonds is 4. The Labute approximate surface area is 121 Å². The number of halogens is 3. The summed E-state index contributed by atoms with van der Waals surface area (Å²) in [6.07, 6.45) is 0.392. The van der Waals surface area contributed by atoms with Gasteiger partial charge >= 0.3 is 0 Å². The molecule has 1 unspecified atom stereocenters. The second kappa shape index (κ2) is 6.35. The van der Waals surface area contributed by atoms with Gasteiger partial charge in [-0.3, -0.25) is 11.3 Å². The number of hydrogen-bond acceptors (Lipinski definition) is 2. The molecule has 0 aliphatic heterocycles. The first-order valence-electron chi connectivity index (χ1n) is 5.76. The fourth-order valence-corrected chi connectivity index (χ4v) is 2.35. The van der Waals surface area contributed by atoms with Crippen molar-refractivity contribution in [2.75, 3.05) is 0 Å². The Morgan fingerprint density at radius 1 is 1.16 bits per heavy atom. The van der Waals surface area contributed by atoms with Crippen LogP contribution in [-0.2, 0) is 6.42 Å². The molecule has 100 valence electrons. The molecule has 1 atom stereocenters. The van der Waals surface area contributed by atoms with Crippen LogP contribution in [0.3, 0.4) is 0 Å². The summed E-state index contributed by atoms with van der Waals surface area (Å²) in [7, 11) is 0. The van der Waals surface area contributed by atoms with Crippen LogP contribution in [0.2, 0.25) is 10.0 Å². The molecule has 2 rings (SSSR count). The van der Waals surface area contributed by atoms with Crippen molar-refractivity contribution in [2.45, 2.75) is 12.5 Å². The minimum absolute atomic E-state index is 0.260. The average molecular weight is 299 g/mol. The lowest BCUT2D eigenvalue weighted by molar-refractivity contribution is 0.529. The van der Waals surface area contributed by atoms with Gasteiger partial charge in [-0.25, -0.2) is 4.39 Å². The molecule has 19 heavy (non-hydrogen) atoms. The van der Waals surface area contributed by atoms with E-state index in [2.05, 4.69) is 5.43 Å². The van der Waals surface area contributed by atoms with E-state index in [4.69, 9.17) is 29.0 Å². The summed E-state index contributed by atoms with van der Waals surface area (Å²) in [5.41, 5.74) is 4.03. The molecular weight excluding hydrogens is 286 g/mol. The molecule has 0 bridgehead atoms. The monoisotopic (exact) mass is 298 g/mol. The summed E-state index contributed by atoms with van der Waals surface area (Å²) in [5, 5.41) is 0.969. The van der Waals surface area contributed by atoms with Gasteiger partial charge < -0.3 is 0 Å². The molecule has 2 aromatic rings. The Kier molecular flexibility index (Phi) is 4.77. The van der Waals surface area contributed by atoms with Crippen molar-refractivity contribution in [3.8, 4) is 0 Å². The van der Waals surface area contributed by atoms with Crippen LogP contribution in [-0.4, -0.2) is 0 Å². The van der Waals surface area contributed by atoms with Crippen molar-refractivity contribution in [1.29, 1.82) is 0 Å². The largest absolute Gasteiger partial charge is 0.271 e. The van der Waals surface area contributed by atoms with Crippen LogP contribution in [0.15, 0.2) is 42.5 Å². The van der Waals surface area contributed by atoms with Gasteiger partial charge in [0.25, 0.3) is 0 Å². The van der Waals surface area contributed by atoms with E-state index in [1.807, 2.05) is 18.2 Å². The summed E-state index contributed by atoms with van der Waals surface area (Å²) in [5.74, 6) is 5.20. The van der Waals surface area contributed by atoms with E-state index in [1.165, 1.54) is 6.07 Å². The van der Waals surface area contributed by atoms with Crippen LogP contribution in [0.25, 0.3) is 0 Å². The van der Waals surface area contributed by atoms with Crippen molar-refractivity contribution in [3.05, 3.63) is 69.5 Å². The minimum atomic E-state index is -0.347. The highest BCUT2D eigenvalue weighted by Gasteiger charge is 2.15. The number of hydrazine groups is 1.